The van der Waals surface area contributed by atoms with E-state index in [0.717, 1.165) is 12.0 Å². The highest BCUT2D eigenvalue weighted by atomic mass is 15.2. The number of likely N-dealkylation sites (N-methyl/N-ethyl adjacent to an activating group) is 1. The molecule has 2 saturated heterocycles. The fourth-order valence-electron chi connectivity index (χ4n) is 2.92. The Bertz CT molecular complexity index is 207. The molecule has 94 valence electrons. The molecule has 1 N–H and O–H groups in total. The highest BCUT2D eigenvalue weighted by Gasteiger charge is 2.23. The summed E-state index contributed by atoms with van der Waals surface area (Å²) in [6.45, 7) is 9.93. The Morgan fingerprint density at radius 3 is 2.81 bits per heavy atom. The van der Waals surface area contributed by atoms with E-state index in [1.807, 2.05) is 0 Å². The van der Waals surface area contributed by atoms with Crippen LogP contribution in [0.15, 0.2) is 0 Å². The minimum Gasteiger partial charge on any atom is -0.312 e. The van der Waals surface area contributed by atoms with Crippen LogP contribution < -0.4 is 5.32 Å². The van der Waals surface area contributed by atoms with Gasteiger partial charge in [-0.3, -0.25) is 0 Å². The second-order valence-electron chi connectivity index (χ2n) is 5.64. The van der Waals surface area contributed by atoms with E-state index in [0.29, 0.717) is 0 Å². The van der Waals surface area contributed by atoms with Crippen molar-refractivity contribution >= 4 is 0 Å². The van der Waals surface area contributed by atoms with Crippen LogP contribution in [0.1, 0.15) is 26.2 Å². The van der Waals surface area contributed by atoms with Gasteiger partial charge in [-0.1, -0.05) is 6.92 Å². The summed E-state index contributed by atoms with van der Waals surface area (Å²) >= 11 is 0. The maximum atomic E-state index is 3.69. The van der Waals surface area contributed by atoms with Gasteiger partial charge in [0.2, 0.25) is 0 Å². The molecule has 0 bridgehead atoms. The normalized spacial score (nSPS) is 34.9. The summed E-state index contributed by atoms with van der Waals surface area (Å²) in [5.41, 5.74) is 0. The smallest absolute Gasteiger partial charge is 0.0220 e. The van der Waals surface area contributed by atoms with Crippen molar-refractivity contribution in [1.29, 1.82) is 0 Å². The van der Waals surface area contributed by atoms with E-state index in [1.165, 1.54) is 58.5 Å². The zero-order valence-electron chi connectivity index (χ0n) is 10.9. The third kappa shape index (κ3) is 3.44. The Balaban J connectivity index is 1.79. The summed E-state index contributed by atoms with van der Waals surface area (Å²) in [5, 5.41) is 3.69. The first kappa shape index (κ1) is 12.3. The minimum atomic E-state index is 0.733. The van der Waals surface area contributed by atoms with Crippen LogP contribution in [0.2, 0.25) is 0 Å². The molecule has 0 saturated carbocycles. The standard InChI is InChI=1S/C13H27N3/c1-12-5-3-6-14-13(12)11-16-8-4-7-15(2)9-10-16/h12-14H,3-11H2,1-2H3. The van der Waals surface area contributed by atoms with Crippen LogP contribution in [-0.4, -0.2) is 62.2 Å². The average molecular weight is 225 g/mol. The van der Waals surface area contributed by atoms with Gasteiger partial charge in [-0.05, 0) is 51.9 Å². The van der Waals surface area contributed by atoms with E-state index in [4.69, 9.17) is 0 Å². The molecule has 16 heavy (non-hydrogen) atoms. The van der Waals surface area contributed by atoms with Crippen LogP contribution in [0.5, 0.6) is 0 Å². The molecule has 2 rings (SSSR count). The van der Waals surface area contributed by atoms with Crippen molar-refractivity contribution in [2.75, 3.05) is 46.3 Å². The molecule has 0 amide bonds. The largest absolute Gasteiger partial charge is 0.312 e. The van der Waals surface area contributed by atoms with Gasteiger partial charge in [-0.15, -0.1) is 0 Å². The van der Waals surface area contributed by atoms with Crippen molar-refractivity contribution in [1.82, 2.24) is 15.1 Å². The lowest BCUT2D eigenvalue weighted by Crippen LogP contribution is -2.48. The number of rotatable bonds is 2. The lowest BCUT2D eigenvalue weighted by molar-refractivity contribution is 0.194. The summed E-state index contributed by atoms with van der Waals surface area (Å²) in [5.74, 6) is 0.856. The highest BCUT2D eigenvalue weighted by molar-refractivity contribution is 4.82. The topological polar surface area (TPSA) is 18.5 Å². The molecule has 2 aliphatic heterocycles. The predicted octanol–water partition coefficient (Wildman–Crippen LogP) is 1.01. The number of hydrogen-bond donors (Lipinski definition) is 1. The molecule has 2 fully saturated rings. The summed E-state index contributed by atoms with van der Waals surface area (Å²) in [4.78, 5) is 5.11. The lowest BCUT2D eigenvalue weighted by atomic mass is 9.92. The van der Waals surface area contributed by atoms with E-state index in [9.17, 15) is 0 Å². The first-order valence-electron chi connectivity index (χ1n) is 6.90. The zero-order chi connectivity index (χ0) is 11.4. The number of hydrogen-bond acceptors (Lipinski definition) is 3. The monoisotopic (exact) mass is 225 g/mol. The molecule has 0 aliphatic carbocycles. The van der Waals surface area contributed by atoms with Gasteiger partial charge in [0.05, 0.1) is 0 Å². The number of nitrogens with zero attached hydrogens (tertiary/aromatic N) is 2. The van der Waals surface area contributed by atoms with Crippen LogP contribution in [0.25, 0.3) is 0 Å². The quantitative estimate of drug-likeness (QED) is 0.757. The van der Waals surface area contributed by atoms with Crippen molar-refractivity contribution < 1.29 is 0 Å². The van der Waals surface area contributed by atoms with Crippen LogP contribution in [0.4, 0.5) is 0 Å². The third-order valence-corrected chi connectivity index (χ3v) is 4.20. The first-order chi connectivity index (χ1) is 7.75. The Morgan fingerprint density at radius 2 is 2.00 bits per heavy atom. The molecule has 0 radical (unpaired) electrons. The second-order valence-corrected chi connectivity index (χ2v) is 5.64. The van der Waals surface area contributed by atoms with Crippen LogP contribution in [0.3, 0.4) is 0 Å². The molecule has 3 heteroatoms. The van der Waals surface area contributed by atoms with E-state index in [1.54, 1.807) is 0 Å². The zero-order valence-corrected chi connectivity index (χ0v) is 10.9. The Morgan fingerprint density at radius 1 is 1.12 bits per heavy atom. The molecule has 3 nitrogen and oxygen atoms in total. The van der Waals surface area contributed by atoms with Gasteiger partial charge in [-0.25, -0.2) is 0 Å². The van der Waals surface area contributed by atoms with Gasteiger partial charge in [0, 0.05) is 25.7 Å². The summed E-state index contributed by atoms with van der Waals surface area (Å²) in [6.07, 6.45) is 4.10. The van der Waals surface area contributed by atoms with Crippen LogP contribution >= 0.6 is 0 Å². The molecule has 2 aliphatic rings. The van der Waals surface area contributed by atoms with Crippen molar-refractivity contribution in [3.63, 3.8) is 0 Å². The maximum absolute atomic E-state index is 3.69. The molecule has 0 aromatic rings. The van der Waals surface area contributed by atoms with E-state index in [2.05, 4.69) is 29.1 Å². The fourth-order valence-corrected chi connectivity index (χ4v) is 2.92. The molecule has 0 spiro atoms. The van der Waals surface area contributed by atoms with Crippen LogP contribution in [-0.2, 0) is 0 Å². The van der Waals surface area contributed by atoms with Crippen molar-refractivity contribution in [3.05, 3.63) is 0 Å². The molecule has 0 aromatic heterocycles. The van der Waals surface area contributed by atoms with Gasteiger partial charge in [0.15, 0.2) is 0 Å². The Kier molecular flexibility index (Phi) is 4.62. The maximum Gasteiger partial charge on any atom is 0.0220 e. The number of piperidine rings is 1. The van der Waals surface area contributed by atoms with Gasteiger partial charge in [-0.2, -0.15) is 0 Å². The third-order valence-electron chi connectivity index (χ3n) is 4.20. The van der Waals surface area contributed by atoms with Crippen molar-refractivity contribution in [2.24, 2.45) is 5.92 Å². The highest BCUT2D eigenvalue weighted by Crippen LogP contribution is 2.17. The summed E-state index contributed by atoms with van der Waals surface area (Å²) in [6, 6.07) is 0.733. The first-order valence-corrected chi connectivity index (χ1v) is 6.90. The Labute approximate surface area is 100 Å². The van der Waals surface area contributed by atoms with Crippen molar-refractivity contribution in [2.45, 2.75) is 32.2 Å². The molecule has 2 atom stereocenters. The molecule has 0 aromatic carbocycles. The molecule has 2 unspecified atom stereocenters. The van der Waals surface area contributed by atoms with Crippen molar-refractivity contribution in [3.8, 4) is 0 Å². The Hall–Kier alpha value is -0.120. The molecular formula is C13H27N3. The van der Waals surface area contributed by atoms with Gasteiger partial charge >= 0.3 is 0 Å². The SMILES string of the molecule is CC1CCCNC1CN1CCCN(C)CC1. The van der Waals surface area contributed by atoms with E-state index >= 15 is 0 Å². The van der Waals surface area contributed by atoms with E-state index in [-0.39, 0.29) is 0 Å². The number of nitrogens with one attached hydrogen (secondary N) is 1. The molecule has 2 heterocycles. The molecular weight excluding hydrogens is 198 g/mol. The van der Waals surface area contributed by atoms with Gasteiger partial charge < -0.3 is 15.1 Å². The second kappa shape index (κ2) is 5.99. The fraction of sp³-hybridized carbons (Fsp3) is 1.00. The van der Waals surface area contributed by atoms with Crippen LogP contribution in [0, 0.1) is 5.92 Å². The minimum absolute atomic E-state index is 0.733. The van der Waals surface area contributed by atoms with Gasteiger partial charge in [0.25, 0.3) is 0 Å². The van der Waals surface area contributed by atoms with E-state index < -0.39 is 0 Å². The summed E-state index contributed by atoms with van der Waals surface area (Å²) < 4.78 is 0. The lowest BCUT2D eigenvalue weighted by Gasteiger charge is -2.34. The average Bonchev–Trinajstić information content (AvgIpc) is 2.47. The van der Waals surface area contributed by atoms with Gasteiger partial charge in [0.1, 0.15) is 0 Å². The summed E-state index contributed by atoms with van der Waals surface area (Å²) in [7, 11) is 2.24. The predicted molar refractivity (Wildman–Crippen MR) is 68.7 cm³/mol.